The molecular formula is C20H18FNO2S. The van der Waals surface area contributed by atoms with Crippen LogP contribution in [0.15, 0.2) is 48.5 Å². The molecule has 3 aromatic rings. The van der Waals surface area contributed by atoms with E-state index in [2.05, 4.69) is 4.98 Å². The molecule has 0 unspecified atom stereocenters. The minimum Gasteiger partial charge on any atom is -0.458 e. The third-order valence-electron chi connectivity index (χ3n) is 4.91. The highest BCUT2D eigenvalue weighted by Gasteiger charge is 2.44. The van der Waals surface area contributed by atoms with Gasteiger partial charge in [-0.1, -0.05) is 37.1 Å². The molecule has 1 heterocycles. The fraction of sp³-hybridized carbons (Fsp3) is 0.300. The van der Waals surface area contributed by atoms with Gasteiger partial charge in [-0.05, 0) is 42.7 Å². The van der Waals surface area contributed by atoms with Crippen LogP contribution in [0.3, 0.4) is 0 Å². The lowest BCUT2D eigenvalue weighted by atomic mass is 9.79. The monoisotopic (exact) mass is 355 g/mol. The molecule has 0 saturated heterocycles. The first-order valence-corrected chi connectivity index (χ1v) is 9.27. The van der Waals surface area contributed by atoms with Crippen molar-refractivity contribution in [3.63, 3.8) is 0 Å². The molecule has 25 heavy (non-hydrogen) atoms. The fourth-order valence-electron chi connectivity index (χ4n) is 3.61. The van der Waals surface area contributed by atoms with Gasteiger partial charge >= 0.3 is 5.97 Å². The maximum Gasteiger partial charge on any atom is 0.316 e. The van der Waals surface area contributed by atoms with Gasteiger partial charge in [0.05, 0.1) is 15.6 Å². The maximum atomic E-state index is 13.2. The van der Waals surface area contributed by atoms with E-state index in [1.807, 2.05) is 24.3 Å². The zero-order valence-corrected chi connectivity index (χ0v) is 14.5. The molecule has 0 bridgehead atoms. The summed E-state index contributed by atoms with van der Waals surface area (Å²) in [5.41, 5.74) is 1.12. The van der Waals surface area contributed by atoms with Crippen molar-refractivity contribution in [2.75, 3.05) is 0 Å². The van der Waals surface area contributed by atoms with Crippen LogP contribution < -0.4 is 0 Å². The Kier molecular flexibility index (Phi) is 4.25. The number of carbonyl (C=O) groups is 1. The molecule has 0 amide bonds. The summed E-state index contributed by atoms with van der Waals surface area (Å²) in [4.78, 5) is 17.4. The molecule has 5 heteroatoms. The van der Waals surface area contributed by atoms with E-state index in [0.29, 0.717) is 0 Å². The summed E-state index contributed by atoms with van der Waals surface area (Å²) >= 11 is 1.54. The normalized spacial score (nSPS) is 16.2. The van der Waals surface area contributed by atoms with Gasteiger partial charge in [0.25, 0.3) is 0 Å². The van der Waals surface area contributed by atoms with Crippen LogP contribution in [0, 0.1) is 5.82 Å². The molecule has 0 N–H and O–H groups in total. The summed E-state index contributed by atoms with van der Waals surface area (Å²) in [7, 11) is 0. The molecule has 1 saturated carbocycles. The number of aromatic nitrogens is 1. The smallest absolute Gasteiger partial charge is 0.316 e. The van der Waals surface area contributed by atoms with Crippen molar-refractivity contribution >= 4 is 27.5 Å². The van der Waals surface area contributed by atoms with Crippen molar-refractivity contribution in [1.82, 2.24) is 4.98 Å². The number of hydrogen-bond acceptors (Lipinski definition) is 4. The molecular weight excluding hydrogens is 337 g/mol. The number of thiazole rings is 1. The van der Waals surface area contributed by atoms with E-state index in [1.165, 1.54) is 12.1 Å². The van der Waals surface area contributed by atoms with Gasteiger partial charge in [-0.3, -0.25) is 4.79 Å². The Hall–Kier alpha value is -2.27. The first-order valence-electron chi connectivity index (χ1n) is 8.45. The van der Waals surface area contributed by atoms with Crippen molar-refractivity contribution in [3.05, 3.63) is 64.9 Å². The van der Waals surface area contributed by atoms with Gasteiger partial charge in [-0.2, -0.15) is 0 Å². The van der Waals surface area contributed by atoms with E-state index in [0.717, 1.165) is 46.5 Å². The van der Waals surface area contributed by atoms with Gasteiger partial charge < -0.3 is 4.74 Å². The third kappa shape index (κ3) is 3.04. The summed E-state index contributed by atoms with van der Waals surface area (Å²) in [5.74, 6) is -0.518. The third-order valence-corrected chi connectivity index (χ3v) is 5.92. The summed E-state index contributed by atoms with van der Waals surface area (Å²) < 4.78 is 20.0. The average Bonchev–Trinajstić information content (AvgIpc) is 3.27. The van der Waals surface area contributed by atoms with Crippen molar-refractivity contribution < 1.29 is 13.9 Å². The number of halogens is 1. The van der Waals surface area contributed by atoms with Crippen LogP contribution in [-0.2, 0) is 21.6 Å². The molecule has 0 radical (unpaired) electrons. The minimum atomic E-state index is -0.648. The largest absolute Gasteiger partial charge is 0.458 e. The standard InChI is InChI=1S/C20H18FNO2S/c21-15-9-7-14(8-10-15)20(11-3-4-12-20)19(23)24-13-18-22-16-5-1-2-6-17(16)25-18/h1-2,5-10H,3-4,11-13H2. The van der Waals surface area contributed by atoms with E-state index < -0.39 is 5.41 Å². The SMILES string of the molecule is O=C(OCc1nc2ccccc2s1)C1(c2ccc(F)cc2)CCCC1. The second-order valence-electron chi connectivity index (χ2n) is 6.45. The maximum absolute atomic E-state index is 13.2. The van der Waals surface area contributed by atoms with Crippen molar-refractivity contribution in [2.45, 2.75) is 37.7 Å². The summed E-state index contributed by atoms with van der Waals surface area (Å²) in [6, 6.07) is 14.1. The highest BCUT2D eigenvalue weighted by atomic mass is 32.1. The predicted octanol–water partition coefficient (Wildman–Crippen LogP) is 4.99. The summed E-state index contributed by atoms with van der Waals surface area (Å²) in [6.45, 7) is 0.182. The molecule has 0 spiro atoms. The lowest BCUT2D eigenvalue weighted by Crippen LogP contribution is -2.34. The van der Waals surface area contributed by atoms with E-state index in [9.17, 15) is 9.18 Å². The highest BCUT2D eigenvalue weighted by molar-refractivity contribution is 7.18. The van der Waals surface area contributed by atoms with Crippen LogP contribution >= 0.6 is 11.3 Å². The van der Waals surface area contributed by atoms with Gasteiger partial charge in [0.15, 0.2) is 0 Å². The van der Waals surface area contributed by atoms with E-state index >= 15 is 0 Å². The number of hydrogen-bond donors (Lipinski definition) is 0. The van der Waals surface area contributed by atoms with Crippen molar-refractivity contribution in [1.29, 1.82) is 0 Å². The van der Waals surface area contributed by atoms with E-state index in [4.69, 9.17) is 4.74 Å². The Balaban J connectivity index is 1.54. The molecule has 1 aliphatic rings. The molecule has 4 rings (SSSR count). The zero-order chi connectivity index (χ0) is 17.3. The van der Waals surface area contributed by atoms with Crippen LogP contribution in [-0.4, -0.2) is 11.0 Å². The number of para-hydroxylation sites is 1. The van der Waals surface area contributed by atoms with E-state index in [1.54, 1.807) is 23.5 Å². The lowest BCUT2D eigenvalue weighted by molar-refractivity contribution is -0.152. The first kappa shape index (κ1) is 16.2. The van der Waals surface area contributed by atoms with Gasteiger partial charge in [0, 0.05) is 0 Å². The molecule has 128 valence electrons. The van der Waals surface area contributed by atoms with Crippen LogP contribution in [0.2, 0.25) is 0 Å². The molecule has 2 aromatic carbocycles. The first-order chi connectivity index (χ1) is 12.2. The average molecular weight is 355 g/mol. The number of nitrogens with zero attached hydrogens (tertiary/aromatic N) is 1. The zero-order valence-electron chi connectivity index (χ0n) is 13.7. The van der Waals surface area contributed by atoms with Gasteiger partial charge in [-0.25, -0.2) is 9.37 Å². The number of ether oxygens (including phenoxy) is 1. The molecule has 1 aliphatic carbocycles. The van der Waals surface area contributed by atoms with Crippen LogP contribution in [0.1, 0.15) is 36.3 Å². The molecule has 1 aromatic heterocycles. The van der Waals surface area contributed by atoms with Crippen LogP contribution in [0.4, 0.5) is 4.39 Å². The van der Waals surface area contributed by atoms with Crippen molar-refractivity contribution in [3.8, 4) is 0 Å². The molecule has 3 nitrogen and oxygen atoms in total. The quantitative estimate of drug-likeness (QED) is 0.619. The second kappa shape index (κ2) is 6.56. The molecule has 0 atom stereocenters. The van der Waals surface area contributed by atoms with Gasteiger partial charge in [-0.15, -0.1) is 11.3 Å². The Morgan fingerprint density at radius 2 is 1.84 bits per heavy atom. The topological polar surface area (TPSA) is 39.2 Å². The summed E-state index contributed by atoms with van der Waals surface area (Å²) in [5, 5.41) is 0.793. The number of rotatable bonds is 4. The number of esters is 1. The molecule has 0 aliphatic heterocycles. The predicted molar refractivity (Wildman–Crippen MR) is 96.0 cm³/mol. The van der Waals surface area contributed by atoms with E-state index in [-0.39, 0.29) is 18.4 Å². The Bertz CT molecular complexity index is 864. The lowest BCUT2D eigenvalue weighted by Gasteiger charge is -2.27. The number of benzene rings is 2. The number of carbonyl (C=O) groups excluding carboxylic acids is 1. The van der Waals surface area contributed by atoms with Crippen LogP contribution in [0.25, 0.3) is 10.2 Å². The molecule has 1 fully saturated rings. The van der Waals surface area contributed by atoms with Gasteiger partial charge in [0.2, 0.25) is 0 Å². The fourth-order valence-corrected chi connectivity index (χ4v) is 4.49. The summed E-state index contributed by atoms with van der Waals surface area (Å²) in [6.07, 6.45) is 3.45. The van der Waals surface area contributed by atoms with Crippen molar-refractivity contribution in [2.24, 2.45) is 0 Å². The Morgan fingerprint density at radius 3 is 2.56 bits per heavy atom. The minimum absolute atomic E-state index is 0.182. The Labute approximate surface area is 149 Å². The number of fused-ring (bicyclic) bond motifs is 1. The second-order valence-corrected chi connectivity index (χ2v) is 7.56. The highest BCUT2D eigenvalue weighted by Crippen LogP contribution is 2.42. The Morgan fingerprint density at radius 1 is 1.12 bits per heavy atom. The van der Waals surface area contributed by atoms with Crippen LogP contribution in [0.5, 0.6) is 0 Å². The van der Waals surface area contributed by atoms with Gasteiger partial charge in [0.1, 0.15) is 17.4 Å².